The first kappa shape index (κ1) is 29.5. The van der Waals surface area contributed by atoms with Crippen LogP contribution in [0, 0.1) is 0 Å². The number of unbranched alkanes of at least 4 members (excludes halogenated alkanes) is 9. The first-order chi connectivity index (χ1) is 16.9. The molecule has 0 amide bonds. The largest absolute Gasteiger partial charge is 0.479 e. The van der Waals surface area contributed by atoms with Gasteiger partial charge in [-0.05, 0) is 24.1 Å². The van der Waals surface area contributed by atoms with Gasteiger partial charge in [0.1, 0.15) is 4.21 Å². The second-order valence-electron chi connectivity index (χ2n) is 8.75. The summed E-state index contributed by atoms with van der Waals surface area (Å²) in [5, 5.41) is 10.5. The molecule has 9 heteroatoms. The average molecular weight is 525 g/mol. The quantitative estimate of drug-likeness (QED) is 0.164. The summed E-state index contributed by atoms with van der Waals surface area (Å²) in [4.78, 5) is 17.2. The Kier molecular flexibility index (Phi) is 14.1. The summed E-state index contributed by atoms with van der Waals surface area (Å²) in [7, 11) is -3.56. The van der Waals surface area contributed by atoms with Crippen LogP contribution in [0.1, 0.15) is 81.6 Å². The van der Waals surface area contributed by atoms with E-state index in [1.807, 2.05) is 30.3 Å². The van der Waals surface area contributed by atoms with Crippen LogP contribution in [0.3, 0.4) is 0 Å². The van der Waals surface area contributed by atoms with Gasteiger partial charge in [0.2, 0.25) is 10.0 Å². The van der Waals surface area contributed by atoms with Crippen molar-refractivity contribution in [1.82, 2.24) is 9.79 Å². The molecule has 0 aliphatic heterocycles. The number of rotatable bonds is 20. The standard InChI is InChI=1S/C26H40N2O5S2/c1-2-3-4-5-6-7-8-9-10-14-19-27-35(31,32)26-18-17-24(34-26)21-28(33-22-25(29)30)20-23-15-12-11-13-16-23/h11-13,15-18,27H,2-10,14,19-22H2,1H3,(H,29,30). The van der Waals surface area contributed by atoms with Gasteiger partial charge in [0.15, 0.2) is 6.61 Å². The van der Waals surface area contributed by atoms with Gasteiger partial charge < -0.3 is 5.11 Å². The molecule has 0 atom stereocenters. The van der Waals surface area contributed by atoms with Crippen LogP contribution < -0.4 is 4.72 Å². The highest BCUT2D eigenvalue weighted by Crippen LogP contribution is 2.24. The van der Waals surface area contributed by atoms with E-state index in [2.05, 4.69) is 11.6 Å². The number of nitrogens with zero attached hydrogens (tertiary/aromatic N) is 1. The molecule has 0 spiro atoms. The van der Waals surface area contributed by atoms with E-state index in [0.717, 1.165) is 29.7 Å². The minimum absolute atomic E-state index is 0.262. The molecule has 1 aromatic heterocycles. The van der Waals surface area contributed by atoms with E-state index in [4.69, 9.17) is 9.94 Å². The minimum Gasteiger partial charge on any atom is -0.479 e. The SMILES string of the molecule is CCCCCCCCCCCCNS(=O)(=O)c1ccc(CN(Cc2ccccc2)OCC(=O)O)s1. The lowest BCUT2D eigenvalue weighted by atomic mass is 10.1. The van der Waals surface area contributed by atoms with E-state index in [0.29, 0.717) is 19.6 Å². The van der Waals surface area contributed by atoms with Crippen molar-refractivity contribution in [2.75, 3.05) is 13.2 Å². The molecule has 1 heterocycles. The summed E-state index contributed by atoms with van der Waals surface area (Å²) in [5.74, 6) is -1.06. The van der Waals surface area contributed by atoms with Gasteiger partial charge in [-0.15, -0.1) is 11.3 Å². The van der Waals surface area contributed by atoms with Gasteiger partial charge in [0.05, 0.1) is 6.54 Å². The summed E-state index contributed by atoms with van der Waals surface area (Å²) in [5.41, 5.74) is 0.973. The number of benzene rings is 1. The number of nitrogens with one attached hydrogen (secondary N) is 1. The number of carbonyl (C=O) groups is 1. The van der Waals surface area contributed by atoms with Crippen molar-refractivity contribution >= 4 is 27.3 Å². The smallest absolute Gasteiger partial charge is 0.331 e. The monoisotopic (exact) mass is 524 g/mol. The first-order valence-electron chi connectivity index (χ1n) is 12.6. The topological polar surface area (TPSA) is 95.9 Å². The molecule has 0 radical (unpaired) electrons. The zero-order valence-electron chi connectivity index (χ0n) is 20.8. The first-order valence-corrected chi connectivity index (χ1v) is 14.9. The maximum Gasteiger partial charge on any atom is 0.331 e. The number of thiophene rings is 1. The summed E-state index contributed by atoms with van der Waals surface area (Å²) < 4.78 is 28.3. The minimum atomic E-state index is -3.56. The maximum atomic E-state index is 12.7. The Morgan fingerprint density at radius 3 is 2.17 bits per heavy atom. The summed E-state index contributed by atoms with van der Waals surface area (Å²) in [6.07, 6.45) is 12.1. The Bertz CT molecular complexity index is 948. The highest BCUT2D eigenvalue weighted by atomic mass is 32.2. The molecule has 2 aromatic rings. The summed E-state index contributed by atoms with van der Waals surface area (Å²) in [6, 6.07) is 12.9. The van der Waals surface area contributed by atoms with Gasteiger partial charge in [0.25, 0.3) is 0 Å². The van der Waals surface area contributed by atoms with Crippen LogP contribution in [-0.4, -0.2) is 37.7 Å². The van der Waals surface area contributed by atoms with Crippen molar-refractivity contribution in [3.05, 3.63) is 52.9 Å². The Morgan fingerprint density at radius 2 is 1.54 bits per heavy atom. The highest BCUT2D eigenvalue weighted by molar-refractivity contribution is 7.91. The molecule has 0 saturated carbocycles. The van der Waals surface area contributed by atoms with E-state index in [-0.39, 0.29) is 4.21 Å². The normalized spacial score (nSPS) is 11.8. The van der Waals surface area contributed by atoms with Crippen molar-refractivity contribution in [3.63, 3.8) is 0 Å². The van der Waals surface area contributed by atoms with Crippen molar-refractivity contribution < 1.29 is 23.2 Å². The van der Waals surface area contributed by atoms with Crippen molar-refractivity contribution in [2.24, 2.45) is 0 Å². The van der Waals surface area contributed by atoms with Crippen LogP contribution in [-0.2, 0) is 32.7 Å². The number of aliphatic carboxylic acids is 1. The molecule has 196 valence electrons. The average Bonchev–Trinajstić information content (AvgIpc) is 3.31. The van der Waals surface area contributed by atoms with Crippen LogP contribution in [0.2, 0.25) is 0 Å². The zero-order chi connectivity index (χ0) is 25.4. The van der Waals surface area contributed by atoms with Gasteiger partial charge >= 0.3 is 5.97 Å². The molecule has 0 aliphatic carbocycles. The van der Waals surface area contributed by atoms with Gasteiger partial charge in [0, 0.05) is 18.0 Å². The molecule has 0 saturated heterocycles. The Morgan fingerprint density at radius 1 is 0.914 bits per heavy atom. The molecule has 0 aliphatic rings. The third-order valence-electron chi connectivity index (χ3n) is 5.63. The second-order valence-corrected chi connectivity index (χ2v) is 11.9. The molecular formula is C26H40N2O5S2. The number of hydrogen-bond acceptors (Lipinski definition) is 6. The molecule has 0 fully saturated rings. The number of hydroxylamine groups is 2. The fourth-order valence-corrected chi connectivity index (χ4v) is 6.21. The fourth-order valence-electron chi connectivity index (χ4n) is 3.73. The Hall–Kier alpha value is -1.78. The lowest BCUT2D eigenvalue weighted by molar-refractivity contribution is -0.189. The summed E-state index contributed by atoms with van der Waals surface area (Å²) >= 11 is 1.18. The predicted octanol–water partition coefficient (Wildman–Crippen LogP) is 5.97. The van der Waals surface area contributed by atoms with Crippen LogP contribution >= 0.6 is 11.3 Å². The van der Waals surface area contributed by atoms with E-state index < -0.39 is 22.6 Å². The van der Waals surface area contributed by atoms with Crippen LogP contribution in [0.4, 0.5) is 0 Å². The van der Waals surface area contributed by atoms with Crippen molar-refractivity contribution in [3.8, 4) is 0 Å². The number of sulfonamides is 1. The number of carboxylic acids is 1. The summed E-state index contributed by atoms with van der Waals surface area (Å²) in [6.45, 7) is 2.90. The Labute approximate surface area is 214 Å². The lowest BCUT2D eigenvalue weighted by Crippen LogP contribution is -2.26. The van der Waals surface area contributed by atoms with Crippen LogP contribution in [0.15, 0.2) is 46.7 Å². The molecule has 7 nitrogen and oxygen atoms in total. The molecule has 1 aromatic carbocycles. The van der Waals surface area contributed by atoms with E-state index >= 15 is 0 Å². The van der Waals surface area contributed by atoms with Crippen LogP contribution in [0.5, 0.6) is 0 Å². The maximum absolute atomic E-state index is 12.7. The number of hydrogen-bond donors (Lipinski definition) is 2. The molecule has 2 rings (SSSR count). The third kappa shape index (κ3) is 12.7. The van der Waals surface area contributed by atoms with Gasteiger partial charge in [-0.1, -0.05) is 95.0 Å². The van der Waals surface area contributed by atoms with Crippen LogP contribution in [0.25, 0.3) is 0 Å². The lowest BCUT2D eigenvalue weighted by Gasteiger charge is -2.20. The van der Waals surface area contributed by atoms with Gasteiger partial charge in [-0.3, -0.25) is 4.84 Å². The second kappa shape index (κ2) is 16.8. The number of carboxylic acid groups (broad SMARTS) is 1. The van der Waals surface area contributed by atoms with Crippen molar-refractivity contribution in [2.45, 2.75) is 88.4 Å². The van der Waals surface area contributed by atoms with Crippen molar-refractivity contribution in [1.29, 1.82) is 0 Å². The van der Waals surface area contributed by atoms with Gasteiger partial charge in [-0.2, -0.15) is 5.06 Å². The van der Waals surface area contributed by atoms with E-state index in [1.165, 1.54) is 56.3 Å². The molecule has 0 bridgehead atoms. The molecular weight excluding hydrogens is 484 g/mol. The Balaban J connectivity index is 1.75. The predicted molar refractivity (Wildman–Crippen MR) is 141 cm³/mol. The third-order valence-corrected chi connectivity index (χ3v) is 8.65. The van der Waals surface area contributed by atoms with Gasteiger partial charge in [-0.25, -0.2) is 17.9 Å². The zero-order valence-corrected chi connectivity index (χ0v) is 22.4. The molecule has 35 heavy (non-hydrogen) atoms. The molecule has 0 unspecified atom stereocenters. The highest BCUT2D eigenvalue weighted by Gasteiger charge is 2.18. The molecule has 2 N–H and O–H groups in total. The van der Waals surface area contributed by atoms with E-state index in [9.17, 15) is 13.2 Å². The fraction of sp³-hybridized carbons (Fsp3) is 0.577. The van der Waals surface area contributed by atoms with E-state index in [1.54, 1.807) is 17.2 Å².